The first-order valence-corrected chi connectivity index (χ1v) is 7.11. The quantitative estimate of drug-likeness (QED) is 0.470. The van der Waals surface area contributed by atoms with Gasteiger partial charge >= 0.3 is 0 Å². The molecule has 0 fully saturated rings. The van der Waals surface area contributed by atoms with Crippen molar-refractivity contribution in [3.8, 4) is 0 Å². The van der Waals surface area contributed by atoms with Crippen LogP contribution in [0.25, 0.3) is 0 Å². The Morgan fingerprint density at radius 3 is 2.67 bits per heavy atom. The number of non-ortho nitro benzene ring substituents is 1. The number of nitrogens with one attached hydrogen (secondary N) is 1. The van der Waals surface area contributed by atoms with E-state index in [2.05, 4.69) is 5.32 Å². The summed E-state index contributed by atoms with van der Waals surface area (Å²) < 4.78 is 5.33. The van der Waals surface area contributed by atoms with Crippen molar-refractivity contribution in [3.05, 3.63) is 37.9 Å². The van der Waals surface area contributed by atoms with Gasteiger partial charge in [-0.2, -0.15) is 0 Å². The van der Waals surface area contributed by atoms with Gasteiger partial charge in [-0.25, -0.2) is 0 Å². The number of rotatable bonds is 7. The second kappa shape index (κ2) is 8.17. The van der Waals surface area contributed by atoms with Gasteiger partial charge in [-0.05, 0) is 20.3 Å². The zero-order valence-electron chi connectivity index (χ0n) is 11.7. The molecule has 116 valence electrons. The van der Waals surface area contributed by atoms with Crippen LogP contribution in [0.4, 0.5) is 5.69 Å². The van der Waals surface area contributed by atoms with Crippen LogP contribution in [0.15, 0.2) is 12.1 Å². The van der Waals surface area contributed by atoms with Crippen LogP contribution >= 0.6 is 23.2 Å². The number of hydrogen-bond acceptors (Lipinski definition) is 4. The molecule has 1 aromatic carbocycles. The Morgan fingerprint density at radius 1 is 1.43 bits per heavy atom. The third kappa shape index (κ3) is 5.49. The van der Waals surface area contributed by atoms with Crippen LogP contribution in [0, 0.1) is 10.1 Å². The van der Waals surface area contributed by atoms with Gasteiger partial charge in [0.15, 0.2) is 0 Å². The summed E-state index contributed by atoms with van der Waals surface area (Å²) >= 11 is 11.7. The third-order valence-corrected chi connectivity index (χ3v) is 3.33. The van der Waals surface area contributed by atoms with Crippen LogP contribution in [0.1, 0.15) is 30.6 Å². The summed E-state index contributed by atoms with van der Waals surface area (Å²) in [6, 6.07) is 2.21. The Hall–Kier alpha value is -1.37. The fraction of sp³-hybridized carbons (Fsp3) is 0.462. The van der Waals surface area contributed by atoms with Crippen LogP contribution in [0.2, 0.25) is 10.0 Å². The highest BCUT2D eigenvalue weighted by molar-refractivity contribution is 6.44. The molecule has 0 aliphatic heterocycles. The number of nitro groups is 1. The van der Waals surface area contributed by atoms with E-state index in [-0.39, 0.29) is 27.4 Å². The number of carbonyl (C=O) groups is 1. The van der Waals surface area contributed by atoms with Crippen molar-refractivity contribution >= 4 is 34.8 Å². The molecule has 0 saturated heterocycles. The van der Waals surface area contributed by atoms with Crippen molar-refractivity contribution in [2.75, 3.05) is 13.2 Å². The first-order valence-electron chi connectivity index (χ1n) is 6.36. The van der Waals surface area contributed by atoms with Gasteiger partial charge in [0, 0.05) is 25.3 Å². The van der Waals surface area contributed by atoms with E-state index >= 15 is 0 Å². The molecule has 0 spiro atoms. The summed E-state index contributed by atoms with van der Waals surface area (Å²) in [5.41, 5.74) is -0.293. The van der Waals surface area contributed by atoms with Crippen molar-refractivity contribution in [2.24, 2.45) is 0 Å². The molecule has 0 saturated carbocycles. The van der Waals surface area contributed by atoms with E-state index in [1.54, 1.807) is 0 Å². The number of hydrogen-bond donors (Lipinski definition) is 1. The average Bonchev–Trinajstić information content (AvgIpc) is 2.40. The van der Waals surface area contributed by atoms with E-state index in [9.17, 15) is 14.9 Å². The molecule has 1 amide bonds. The first kappa shape index (κ1) is 17.7. The number of ether oxygens (including phenoxy) is 1. The fourth-order valence-electron chi connectivity index (χ4n) is 1.53. The van der Waals surface area contributed by atoms with Gasteiger partial charge in [0.25, 0.3) is 11.6 Å². The van der Waals surface area contributed by atoms with Crippen molar-refractivity contribution in [1.29, 1.82) is 0 Å². The molecule has 8 heteroatoms. The highest BCUT2D eigenvalue weighted by atomic mass is 35.5. The SMILES string of the molecule is CC(C)OCCCNC(=O)c1cc([N+](=O)[O-])cc(Cl)c1Cl. The lowest BCUT2D eigenvalue weighted by Crippen LogP contribution is -2.26. The third-order valence-electron chi connectivity index (χ3n) is 2.53. The van der Waals surface area contributed by atoms with Crippen molar-refractivity contribution < 1.29 is 14.5 Å². The minimum Gasteiger partial charge on any atom is -0.379 e. The minimum absolute atomic E-state index is 0.00167. The minimum atomic E-state index is -0.629. The van der Waals surface area contributed by atoms with Crippen molar-refractivity contribution in [3.63, 3.8) is 0 Å². The second-order valence-corrected chi connectivity index (χ2v) is 5.36. The molecular weight excluding hydrogens is 319 g/mol. The Balaban J connectivity index is 2.67. The smallest absolute Gasteiger partial charge is 0.271 e. The predicted octanol–water partition coefficient (Wildman–Crippen LogP) is 3.45. The number of carbonyl (C=O) groups excluding carboxylic acids is 1. The molecule has 0 bridgehead atoms. The molecule has 1 N–H and O–H groups in total. The van der Waals surface area contributed by atoms with Gasteiger partial charge in [0.05, 0.1) is 26.6 Å². The summed E-state index contributed by atoms with van der Waals surface area (Å²) in [7, 11) is 0. The van der Waals surface area contributed by atoms with Gasteiger partial charge in [0.2, 0.25) is 0 Å². The molecule has 1 rings (SSSR count). The summed E-state index contributed by atoms with van der Waals surface area (Å²) in [5.74, 6) is -0.504. The summed E-state index contributed by atoms with van der Waals surface area (Å²) in [6.45, 7) is 4.73. The summed E-state index contributed by atoms with van der Waals surface area (Å²) in [6.07, 6.45) is 0.759. The Kier molecular flexibility index (Phi) is 6.87. The van der Waals surface area contributed by atoms with Crippen LogP contribution in [0.3, 0.4) is 0 Å². The summed E-state index contributed by atoms with van der Waals surface area (Å²) in [5, 5.41) is 13.3. The lowest BCUT2D eigenvalue weighted by Gasteiger charge is -2.09. The molecule has 6 nitrogen and oxygen atoms in total. The number of amides is 1. The van der Waals surface area contributed by atoms with E-state index in [0.29, 0.717) is 19.6 Å². The maximum atomic E-state index is 12.0. The van der Waals surface area contributed by atoms with Gasteiger partial charge in [-0.3, -0.25) is 14.9 Å². The van der Waals surface area contributed by atoms with E-state index in [4.69, 9.17) is 27.9 Å². The largest absolute Gasteiger partial charge is 0.379 e. The first-order chi connectivity index (χ1) is 9.82. The fourth-order valence-corrected chi connectivity index (χ4v) is 1.94. The van der Waals surface area contributed by atoms with Crippen LogP contribution in [-0.2, 0) is 4.74 Å². The lowest BCUT2D eigenvalue weighted by atomic mass is 10.2. The molecule has 1 aromatic rings. The maximum Gasteiger partial charge on any atom is 0.271 e. The number of benzene rings is 1. The average molecular weight is 335 g/mol. The van der Waals surface area contributed by atoms with Gasteiger partial charge in [-0.1, -0.05) is 23.2 Å². The molecule has 0 atom stereocenters. The Morgan fingerprint density at radius 2 is 2.10 bits per heavy atom. The van der Waals surface area contributed by atoms with Crippen LogP contribution in [-0.4, -0.2) is 30.1 Å². The lowest BCUT2D eigenvalue weighted by molar-refractivity contribution is -0.384. The highest BCUT2D eigenvalue weighted by Crippen LogP contribution is 2.30. The van der Waals surface area contributed by atoms with Crippen molar-refractivity contribution in [1.82, 2.24) is 5.32 Å². The topological polar surface area (TPSA) is 81.5 Å². The number of nitrogens with zero attached hydrogens (tertiary/aromatic N) is 1. The molecule has 0 aliphatic carbocycles. The molecule has 0 aromatic heterocycles. The van der Waals surface area contributed by atoms with Crippen LogP contribution in [0.5, 0.6) is 0 Å². The zero-order chi connectivity index (χ0) is 16.0. The standard InChI is InChI=1S/C13H16Cl2N2O4/c1-8(2)21-5-3-4-16-13(18)10-6-9(17(19)20)7-11(14)12(10)15/h6-8H,3-5H2,1-2H3,(H,16,18). The van der Waals surface area contributed by atoms with Crippen LogP contribution < -0.4 is 5.32 Å². The summed E-state index contributed by atoms with van der Waals surface area (Å²) in [4.78, 5) is 22.1. The van der Waals surface area contributed by atoms with E-state index in [0.717, 1.165) is 12.1 Å². The number of halogens is 2. The maximum absolute atomic E-state index is 12.0. The normalized spacial score (nSPS) is 10.7. The predicted molar refractivity (Wildman–Crippen MR) is 81.2 cm³/mol. The van der Waals surface area contributed by atoms with Gasteiger partial charge in [-0.15, -0.1) is 0 Å². The molecule has 21 heavy (non-hydrogen) atoms. The monoisotopic (exact) mass is 334 g/mol. The number of nitro benzene ring substituents is 1. The van der Waals surface area contributed by atoms with Crippen molar-refractivity contribution in [2.45, 2.75) is 26.4 Å². The second-order valence-electron chi connectivity index (χ2n) is 4.58. The highest BCUT2D eigenvalue weighted by Gasteiger charge is 2.19. The van der Waals surface area contributed by atoms with E-state index < -0.39 is 10.8 Å². The van der Waals surface area contributed by atoms with Gasteiger partial charge < -0.3 is 10.1 Å². The molecule has 0 unspecified atom stereocenters. The van der Waals surface area contributed by atoms with E-state index in [1.807, 2.05) is 13.8 Å². The Labute approximate surface area is 132 Å². The zero-order valence-corrected chi connectivity index (χ0v) is 13.2. The molecular formula is C13H16Cl2N2O4. The molecule has 0 radical (unpaired) electrons. The molecule has 0 heterocycles. The van der Waals surface area contributed by atoms with Gasteiger partial charge in [0.1, 0.15) is 0 Å². The Bertz CT molecular complexity index is 535. The molecule has 0 aliphatic rings. The van der Waals surface area contributed by atoms with E-state index in [1.165, 1.54) is 0 Å².